The van der Waals surface area contributed by atoms with Crippen LogP contribution in [0.2, 0.25) is 0 Å². The molecule has 1 rings (SSSR count). The molecule has 1 fully saturated rings. The Bertz CT molecular complexity index is 141. The minimum absolute atomic E-state index is 0.323. The fourth-order valence-corrected chi connectivity index (χ4v) is 1.85. The van der Waals surface area contributed by atoms with Gasteiger partial charge in [0.1, 0.15) is 0 Å². The monoisotopic (exact) mass is 184 g/mol. The van der Waals surface area contributed by atoms with Crippen LogP contribution >= 0.6 is 0 Å². The molecule has 2 nitrogen and oxygen atoms in total. The fraction of sp³-hybridized carbons (Fsp3) is 1.00. The molecule has 2 unspecified atom stereocenters. The van der Waals surface area contributed by atoms with E-state index < -0.39 is 0 Å². The standard InChI is InChI=1S/C11H24N2/c1-9(10(2)12)7-13(3)8-11-5-4-6-11/h9-11H,4-8,12H2,1-3H3. The van der Waals surface area contributed by atoms with Gasteiger partial charge >= 0.3 is 0 Å². The van der Waals surface area contributed by atoms with Crippen molar-refractivity contribution in [2.45, 2.75) is 39.2 Å². The molecule has 0 saturated heterocycles. The molecule has 0 spiro atoms. The molecule has 0 radical (unpaired) electrons. The van der Waals surface area contributed by atoms with E-state index in [0.717, 1.165) is 12.5 Å². The van der Waals surface area contributed by atoms with Gasteiger partial charge in [0.05, 0.1) is 0 Å². The van der Waals surface area contributed by atoms with Gasteiger partial charge in [0.15, 0.2) is 0 Å². The van der Waals surface area contributed by atoms with E-state index in [4.69, 9.17) is 5.73 Å². The van der Waals surface area contributed by atoms with Crippen LogP contribution in [0.1, 0.15) is 33.1 Å². The Hall–Kier alpha value is -0.0800. The number of rotatable bonds is 5. The van der Waals surface area contributed by atoms with Crippen LogP contribution in [-0.2, 0) is 0 Å². The number of hydrogen-bond donors (Lipinski definition) is 1. The zero-order valence-corrected chi connectivity index (χ0v) is 9.29. The molecule has 13 heavy (non-hydrogen) atoms. The maximum atomic E-state index is 5.83. The lowest BCUT2D eigenvalue weighted by molar-refractivity contribution is 0.183. The highest BCUT2D eigenvalue weighted by Crippen LogP contribution is 2.26. The molecule has 0 aliphatic heterocycles. The second-order valence-corrected chi connectivity index (χ2v) is 4.85. The van der Waals surface area contributed by atoms with E-state index in [0.29, 0.717) is 12.0 Å². The number of hydrogen-bond acceptors (Lipinski definition) is 2. The van der Waals surface area contributed by atoms with Crippen LogP contribution in [0.3, 0.4) is 0 Å². The van der Waals surface area contributed by atoms with E-state index in [1.54, 1.807) is 0 Å². The van der Waals surface area contributed by atoms with Gasteiger partial charge in [-0.15, -0.1) is 0 Å². The first-order valence-electron chi connectivity index (χ1n) is 5.53. The number of nitrogens with zero attached hydrogens (tertiary/aromatic N) is 1. The highest BCUT2D eigenvalue weighted by atomic mass is 15.1. The Balaban J connectivity index is 2.12. The van der Waals surface area contributed by atoms with Gasteiger partial charge in [-0.3, -0.25) is 0 Å². The Kier molecular flexibility index (Phi) is 4.20. The van der Waals surface area contributed by atoms with Crippen LogP contribution in [-0.4, -0.2) is 31.1 Å². The quantitative estimate of drug-likeness (QED) is 0.704. The van der Waals surface area contributed by atoms with Gasteiger partial charge in [0, 0.05) is 19.1 Å². The van der Waals surface area contributed by atoms with Crippen molar-refractivity contribution < 1.29 is 0 Å². The summed E-state index contributed by atoms with van der Waals surface area (Å²) in [7, 11) is 2.22. The first-order chi connectivity index (χ1) is 6.09. The Labute approximate surface area is 82.5 Å². The summed E-state index contributed by atoms with van der Waals surface area (Å²) in [5.41, 5.74) is 5.83. The van der Waals surface area contributed by atoms with Crippen LogP contribution in [0.15, 0.2) is 0 Å². The summed E-state index contributed by atoms with van der Waals surface area (Å²) >= 11 is 0. The van der Waals surface area contributed by atoms with Gasteiger partial charge in [-0.05, 0) is 38.6 Å². The first-order valence-corrected chi connectivity index (χ1v) is 5.53. The van der Waals surface area contributed by atoms with Crippen molar-refractivity contribution in [1.82, 2.24) is 4.90 Å². The van der Waals surface area contributed by atoms with Crippen molar-refractivity contribution >= 4 is 0 Å². The average molecular weight is 184 g/mol. The van der Waals surface area contributed by atoms with Crippen LogP contribution < -0.4 is 5.73 Å². The summed E-state index contributed by atoms with van der Waals surface area (Å²) in [5.74, 6) is 1.59. The van der Waals surface area contributed by atoms with Crippen LogP contribution in [0.5, 0.6) is 0 Å². The topological polar surface area (TPSA) is 29.3 Å². The molecule has 0 heterocycles. The zero-order chi connectivity index (χ0) is 9.84. The number of nitrogens with two attached hydrogens (primary N) is 1. The van der Waals surface area contributed by atoms with E-state index >= 15 is 0 Å². The van der Waals surface area contributed by atoms with Gasteiger partial charge in [0.2, 0.25) is 0 Å². The Morgan fingerprint density at radius 1 is 1.38 bits per heavy atom. The summed E-state index contributed by atoms with van der Waals surface area (Å²) in [6.07, 6.45) is 4.33. The molecule has 1 aliphatic rings. The zero-order valence-electron chi connectivity index (χ0n) is 9.29. The molecule has 1 saturated carbocycles. The second-order valence-electron chi connectivity index (χ2n) is 4.85. The molecule has 2 heteroatoms. The molecule has 1 aliphatic carbocycles. The van der Waals surface area contributed by atoms with E-state index in [1.165, 1.54) is 25.8 Å². The van der Waals surface area contributed by atoms with E-state index in [2.05, 4.69) is 25.8 Å². The van der Waals surface area contributed by atoms with Gasteiger partial charge < -0.3 is 10.6 Å². The second kappa shape index (κ2) is 4.97. The summed E-state index contributed by atoms with van der Waals surface area (Å²) in [5, 5.41) is 0. The van der Waals surface area contributed by atoms with Gasteiger partial charge in [-0.1, -0.05) is 13.3 Å². The maximum Gasteiger partial charge on any atom is 0.00483 e. The minimum Gasteiger partial charge on any atom is -0.328 e. The third-order valence-corrected chi connectivity index (χ3v) is 3.29. The molecule has 0 aromatic heterocycles. The van der Waals surface area contributed by atoms with Gasteiger partial charge in [-0.2, -0.15) is 0 Å². The van der Waals surface area contributed by atoms with Crippen LogP contribution in [0, 0.1) is 11.8 Å². The predicted octanol–water partition coefficient (Wildman–Crippen LogP) is 1.70. The van der Waals surface area contributed by atoms with Crippen molar-refractivity contribution in [3.63, 3.8) is 0 Å². The summed E-state index contributed by atoms with van der Waals surface area (Å²) < 4.78 is 0. The van der Waals surface area contributed by atoms with Gasteiger partial charge in [-0.25, -0.2) is 0 Å². The minimum atomic E-state index is 0.323. The molecule has 0 bridgehead atoms. The highest BCUT2D eigenvalue weighted by molar-refractivity contribution is 4.74. The summed E-state index contributed by atoms with van der Waals surface area (Å²) in [4.78, 5) is 2.44. The Morgan fingerprint density at radius 3 is 2.38 bits per heavy atom. The van der Waals surface area contributed by atoms with Crippen molar-refractivity contribution in [2.75, 3.05) is 20.1 Å². The molecule has 2 N–H and O–H groups in total. The summed E-state index contributed by atoms with van der Waals surface area (Å²) in [6, 6.07) is 0.323. The summed E-state index contributed by atoms with van der Waals surface area (Å²) in [6.45, 7) is 6.76. The smallest absolute Gasteiger partial charge is 0.00483 e. The van der Waals surface area contributed by atoms with E-state index in [-0.39, 0.29) is 0 Å². The molecule has 0 amide bonds. The lowest BCUT2D eigenvalue weighted by atomic mass is 9.85. The Morgan fingerprint density at radius 2 is 2.00 bits per heavy atom. The SMILES string of the molecule is CC(N)C(C)CN(C)CC1CCC1. The molecular weight excluding hydrogens is 160 g/mol. The van der Waals surface area contributed by atoms with E-state index in [1.807, 2.05) is 0 Å². The van der Waals surface area contributed by atoms with Crippen molar-refractivity contribution in [2.24, 2.45) is 17.6 Å². The normalized spacial score (nSPS) is 22.8. The fourth-order valence-electron chi connectivity index (χ4n) is 1.85. The average Bonchev–Trinajstić information content (AvgIpc) is 1.96. The van der Waals surface area contributed by atoms with Crippen molar-refractivity contribution in [1.29, 1.82) is 0 Å². The van der Waals surface area contributed by atoms with Crippen LogP contribution in [0.4, 0.5) is 0 Å². The third kappa shape index (κ3) is 3.65. The lowest BCUT2D eigenvalue weighted by Gasteiger charge is -2.32. The third-order valence-electron chi connectivity index (χ3n) is 3.29. The maximum absolute atomic E-state index is 5.83. The van der Waals surface area contributed by atoms with Gasteiger partial charge in [0.25, 0.3) is 0 Å². The molecule has 78 valence electrons. The van der Waals surface area contributed by atoms with Crippen molar-refractivity contribution in [3.8, 4) is 0 Å². The van der Waals surface area contributed by atoms with Crippen molar-refractivity contribution in [3.05, 3.63) is 0 Å². The van der Waals surface area contributed by atoms with E-state index in [9.17, 15) is 0 Å². The predicted molar refractivity (Wildman–Crippen MR) is 57.7 cm³/mol. The van der Waals surface area contributed by atoms with Crippen LogP contribution in [0.25, 0.3) is 0 Å². The largest absolute Gasteiger partial charge is 0.328 e. The molecule has 2 atom stereocenters. The molecule has 0 aromatic carbocycles. The molecular formula is C11H24N2. The first kappa shape index (κ1) is 11.0. The lowest BCUT2D eigenvalue weighted by Crippen LogP contribution is -2.37. The highest BCUT2D eigenvalue weighted by Gasteiger charge is 2.20. The molecule has 0 aromatic rings.